The van der Waals surface area contributed by atoms with Crippen LogP contribution in [-0.2, 0) is 7.05 Å². The molecule has 4 aromatic rings. The van der Waals surface area contributed by atoms with E-state index < -0.39 is 0 Å². The summed E-state index contributed by atoms with van der Waals surface area (Å²) in [4.78, 5) is 15.5. The average Bonchev–Trinajstić information content (AvgIpc) is 3.30. The number of nitrogens with one attached hydrogen (secondary N) is 2. The molecule has 0 spiro atoms. The summed E-state index contributed by atoms with van der Waals surface area (Å²) >= 11 is 0. The summed E-state index contributed by atoms with van der Waals surface area (Å²) in [6, 6.07) is 11.4. The molecule has 2 aromatic heterocycles. The third kappa shape index (κ3) is 2.77. The fourth-order valence-electron chi connectivity index (χ4n) is 3.41. The number of hydrogen-bond donors (Lipinski definition) is 2. The molecule has 5 rings (SSSR count). The van der Waals surface area contributed by atoms with Gasteiger partial charge >= 0.3 is 0 Å². The summed E-state index contributed by atoms with van der Waals surface area (Å²) in [5.41, 5.74) is 4.90. The van der Waals surface area contributed by atoms with Crippen molar-refractivity contribution in [2.75, 3.05) is 5.32 Å². The lowest BCUT2D eigenvalue weighted by atomic mass is 10.0. The van der Waals surface area contributed by atoms with Gasteiger partial charge in [0, 0.05) is 29.2 Å². The number of nitrogens with zero attached hydrogens (tertiary/aromatic N) is 4. The Balaban J connectivity index is 1.51. The number of aromatic amines is 1. The van der Waals surface area contributed by atoms with Gasteiger partial charge in [-0.2, -0.15) is 10.1 Å². The molecule has 7 heteroatoms. The van der Waals surface area contributed by atoms with Gasteiger partial charge in [0.25, 0.3) is 0 Å². The van der Waals surface area contributed by atoms with Gasteiger partial charge in [-0.05, 0) is 36.5 Å². The molecule has 0 saturated heterocycles. The highest BCUT2D eigenvalue weighted by molar-refractivity contribution is 5.89. The first-order chi connectivity index (χ1) is 13.2. The Kier molecular flexibility index (Phi) is 3.53. The number of carbonyl (C=O) groups excluding carboxylic acids is 1. The van der Waals surface area contributed by atoms with Crippen LogP contribution in [-0.4, -0.2) is 31.2 Å². The molecule has 0 bridgehead atoms. The van der Waals surface area contributed by atoms with Gasteiger partial charge in [-0.1, -0.05) is 24.3 Å². The van der Waals surface area contributed by atoms with E-state index in [2.05, 4.69) is 31.7 Å². The van der Waals surface area contributed by atoms with Crippen LogP contribution in [0.3, 0.4) is 0 Å². The van der Waals surface area contributed by atoms with Gasteiger partial charge in [-0.15, -0.1) is 5.10 Å². The Labute approximate surface area is 155 Å². The predicted octanol–water partition coefficient (Wildman–Crippen LogP) is 3.79. The first kappa shape index (κ1) is 15.7. The van der Waals surface area contributed by atoms with Crippen LogP contribution < -0.4 is 5.32 Å². The summed E-state index contributed by atoms with van der Waals surface area (Å²) in [7, 11) is 1.87. The molecule has 1 aliphatic carbocycles. The quantitative estimate of drug-likeness (QED) is 0.530. The molecule has 1 fully saturated rings. The highest BCUT2D eigenvalue weighted by atomic mass is 16.1. The monoisotopic (exact) mass is 358 g/mol. The van der Waals surface area contributed by atoms with Gasteiger partial charge in [0.2, 0.25) is 5.95 Å². The number of aryl methyl sites for hydroxylation is 1. The van der Waals surface area contributed by atoms with Crippen LogP contribution in [0.25, 0.3) is 22.3 Å². The number of fused-ring (bicyclic) bond motifs is 1. The van der Waals surface area contributed by atoms with E-state index in [1.165, 1.54) is 18.4 Å². The van der Waals surface area contributed by atoms with Gasteiger partial charge in [0.15, 0.2) is 5.82 Å². The molecule has 134 valence electrons. The zero-order valence-corrected chi connectivity index (χ0v) is 14.8. The lowest BCUT2D eigenvalue weighted by molar-refractivity contribution is 0.112. The Bertz CT molecular complexity index is 1140. The normalized spacial score (nSPS) is 13.8. The van der Waals surface area contributed by atoms with Crippen molar-refractivity contribution in [2.45, 2.75) is 18.8 Å². The van der Waals surface area contributed by atoms with Crippen molar-refractivity contribution in [3.8, 4) is 11.4 Å². The van der Waals surface area contributed by atoms with Crippen LogP contribution in [0.1, 0.15) is 34.7 Å². The van der Waals surface area contributed by atoms with Gasteiger partial charge in [0.1, 0.15) is 6.29 Å². The summed E-state index contributed by atoms with van der Waals surface area (Å²) < 4.78 is 1.74. The average molecular weight is 358 g/mol. The summed E-state index contributed by atoms with van der Waals surface area (Å²) in [5, 5.41) is 16.4. The molecular weight excluding hydrogens is 340 g/mol. The Morgan fingerprint density at radius 3 is 2.74 bits per heavy atom. The number of rotatable bonds is 5. The van der Waals surface area contributed by atoms with Crippen molar-refractivity contribution in [3.63, 3.8) is 0 Å². The number of aromatic nitrogens is 5. The van der Waals surface area contributed by atoms with E-state index in [1.807, 2.05) is 31.4 Å². The van der Waals surface area contributed by atoms with Crippen molar-refractivity contribution in [1.29, 1.82) is 0 Å². The predicted molar refractivity (Wildman–Crippen MR) is 103 cm³/mol. The summed E-state index contributed by atoms with van der Waals surface area (Å²) in [6.45, 7) is 0. The lowest BCUT2D eigenvalue weighted by Gasteiger charge is -2.11. The molecule has 27 heavy (non-hydrogen) atoms. The van der Waals surface area contributed by atoms with E-state index in [4.69, 9.17) is 0 Å². The maximum atomic E-state index is 10.8. The first-order valence-electron chi connectivity index (χ1n) is 8.92. The molecule has 0 radical (unpaired) electrons. The number of anilines is 2. The van der Waals surface area contributed by atoms with Crippen LogP contribution in [0.15, 0.2) is 42.6 Å². The number of H-pyrrole nitrogens is 1. The van der Waals surface area contributed by atoms with E-state index in [0.29, 0.717) is 23.3 Å². The maximum Gasteiger partial charge on any atom is 0.225 e. The molecule has 0 unspecified atom stereocenters. The topological polar surface area (TPSA) is 88.5 Å². The standard InChI is InChI=1S/C20H18N6O/c1-26-20(23-19(25-26)14-4-2-12(11-27)3-5-14)22-17-9-8-16-15(10-21-24-16)18(17)13-6-7-13/h2-5,8-11,13H,6-7H2,1H3,(H,21,24)(H,22,23,25). The van der Waals surface area contributed by atoms with Gasteiger partial charge in [-0.3, -0.25) is 9.89 Å². The molecule has 2 heterocycles. The van der Waals surface area contributed by atoms with Crippen LogP contribution in [0.2, 0.25) is 0 Å². The molecule has 0 atom stereocenters. The Morgan fingerprint density at radius 1 is 1.19 bits per heavy atom. The van der Waals surface area contributed by atoms with E-state index in [-0.39, 0.29) is 0 Å². The summed E-state index contributed by atoms with van der Waals surface area (Å²) in [6.07, 6.45) is 5.12. The smallest absolute Gasteiger partial charge is 0.225 e. The van der Waals surface area contributed by atoms with E-state index in [1.54, 1.807) is 16.8 Å². The van der Waals surface area contributed by atoms with Crippen molar-refractivity contribution in [1.82, 2.24) is 25.0 Å². The number of aldehydes is 1. The van der Waals surface area contributed by atoms with Crippen molar-refractivity contribution < 1.29 is 4.79 Å². The highest BCUT2D eigenvalue weighted by Gasteiger charge is 2.29. The molecule has 0 amide bonds. The second-order valence-corrected chi connectivity index (χ2v) is 6.88. The van der Waals surface area contributed by atoms with E-state index >= 15 is 0 Å². The van der Waals surface area contributed by atoms with Gasteiger partial charge in [0.05, 0.1) is 11.7 Å². The highest BCUT2D eigenvalue weighted by Crippen LogP contribution is 2.46. The van der Waals surface area contributed by atoms with Gasteiger partial charge in [-0.25, -0.2) is 4.68 Å². The minimum atomic E-state index is 0.567. The van der Waals surface area contributed by atoms with Crippen molar-refractivity contribution in [2.24, 2.45) is 7.05 Å². The summed E-state index contributed by atoms with van der Waals surface area (Å²) in [5.74, 6) is 1.86. The van der Waals surface area contributed by atoms with Crippen LogP contribution >= 0.6 is 0 Å². The zero-order chi connectivity index (χ0) is 18.4. The molecular formula is C20H18N6O. The minimum Gasteiger partial charge on any atom is -0.324 e. The third-order valence-electron chi connectivity index (χ3n) is 4.97. The fraction of sp³-hybridized carbons (Fsp3) is 0.200. The fourth-order valence-corrected chi connectivity index (χ4v) is 3.41. The molecule has 2 N–H and O–H groups in total. The first-order valence-corrected chi connectivity index (χ1v) is 8.92. The van der Waals surface area contributed by atoms with Crippen molar-refractivity contribution in [3.05, 3.63) is 53.7 Å². The van der Waals surface area contributed by atoms with Crippen LogP contribution in [0.4, 0.5) is 11.6 Å². The lowest BCUT2D eigenvalue weighted by Crippen LogP contribution is -2.02. The second kappa shape index (κ2) is 6.05. The number of carbonyl (C=O) groups is 1. The Hall–Kier alpha value is -3.48. The van der Waals surface area contributed by atoms with Crippen LogP contribution in [0, 0.1) is 0 Å². The molecule has 0 aliphatic heterocycles. The number of hydrogen-bond acceptors (Lipinski definition) is 5. The molecule has 1 saturated carbocycles. The molecule has 7 nitrogen and oxygen atoms in total. The molecule has 1 aliphatic rings. The van der Waals surface area contributed by atoms with E-state index in [0.717, 1.165) is 28.4 Å². The zero-order valence-electron chi connectivity index (χ0n) is 14.8. The minimum absolute atomic E-state index is 0.567. The number of benzene rings is 2. The van der Waals surface area contributed by atoms with Crippen LogP contribution in [0.5, 0.6) is 0 Å². The van der Waals surface area contributed by atoms with Gasteiger partial charge < -0.3 is 5.32 Å². The Morgan fingerprint density at radius 2 is 2.00 bits per heavy atom. The SMILES string of the molecule is Cn1nc(-c2ccc(C=O)cc2)nc1Nc1ccc2[nH]ncc2c1C1CC1. The van der Waals surface area contributed by atoms with Crippen molar-refractivity contribution >= 4 is 28.8 Å². The largest absolute Gasteiger partial charge is 0.324 e. The second-order valence-electron chi connectivity index (χ2n) is 6.88. The third-order valence-corrected chi connectivity index (χ3v) is 4.97. The molecule has 2 aromatic carbocycles. The maximum absolute atomic E-state index is 10.8. The van der Waals surface area contributed by atoms with E-state index in [9.17, 15) is 4.79 Å².